The van der Waals surface area contributed by atoms with Gasteiger partial charge < -0.3 is 16.0 Å². The van der Waals surface area contributed by atoms with E-state index in [0.29, 0.717) is 47.5 Å². The number of aliphatic imine (C=N–C) groups is 1. The van der Waals surface area contributed by atoms with Gasteiger partial charge in [-0.15, -0.1) is 0 Å². The number of aromatic nitrogens is 2. The van der Waals surface area contributed by atoms with Gasteiger partial charge in [0.1, 0.15) is 12.2 Å². The van der Waals surface area contributed by atoms with Crippen LogP contribution < -0.4 is 16.6 Å². The van der Waals surface area contributed by atoms with Crippen LogP contribution in [0.5, 0.6) is 0 Å². The highest BCUT2D eigenvalue weighted by Crippen LogP contribution is 2.32. The number of likely N-dealkylation sites (N-methyl/N-ethyl adjacent to an activating group) is 1. The Bertz CT molecular complexity index is 1460. The Balaban J connectivity index is 1.69. The molecule has 0 saturated heterocycles. The molecule has 3 N–H and O–H groups in total. The van der Waals surface area contributed by atoms with Crippen LogP contribution in [0.3, 0.4) is 0 Å². The molecule has 0 saturated carbocycles. The fourth-order valence-electron chi connectivity index (χ4n) is 4.48. The largest absolute Gasteiger partial charge is 0.387 e. The third-order valence-corrected chi connectivity index (χ3v) is 6.23. The zero-order valence-electron chi connectivity index (χ0n) is 21.5. The molecule has 0 bridgehead atoms. The average Bonchev–Trinajstić information content (AvgIpc) is 3.05. The van der Waals surface area contributed by atoms with E-state index in [1.165, 1.54) is 6.33 Å². The summed E-state index contributed by atoms with van der Waals surface area (Å²) in [5.74, 6) is 0.0132. The monoisotopic (exact) mass is 500 g/mol. The normalized spacial score (nSPS) is 12.9. The molecule has 0 fully saturated rings. The van der Waals surface area contributed by atoms with Gasteiger partial charge in [0.25, 0.3) is 5.56 Å². The molecule has 0 radical (unpaired) electrons. The third-order valence-electron chi connectivity index (χ3n) is 6.23. The van der Waals surface area contributed by atoms with Crippen LogP contribution in [0.25, 0.3) is 28.1 Å². The van der Waals surface area contributed by atoms with Crippen molar-refractivity contribution in [3.8, 4) is 11.1 Å². The maximum absolute atomic E-state index is 13.2. The second kappa shape index (κ2) is 11.3. The van der Waals surface area contributed by atoms with Crippen LogP contribution in [0.4, 0.5) is 5.69 Å². The minimum Gasteiger partial charge on any atom is -0.387 e. The zero-order chi connectivity index (χ0) is 26.5. The van der Waals surface area contributed by atoms with Gasteiger partial charge in [0.05, 0.1) is 23.1 Å². The van der Waals surface area contributed by atoms with Crippen LogP contribution in [-0.2, 0) is 4.79 Å². The Hall–Kier alpha value is -4.11. The van der Waals surface area contributed by atoms with Crippen LogP contribution in [-0.4, -0.2) is 58.8 Å². The highest BCUT2D eigenvalue weighted by molar-refractivity contribution is 6.05. The first-order valence-corrected chi connectivity index (χ1v) is 12.5. The molecule has 1 amide bonds. The van der Waals surface area contributed by atoms with E-state index >= 15 is 0 Å². The lowest BCUT2D eigenvalue weighted by atomic mass is 10.00. The second-order valence-corrected chi connectivity index (χ2v) is 9.09. The first kappa shape index (κ1) is 26.0. The molecule has 1 aromatic heterocycles. The maximum Gasteiger partial charge on any atom is 0.268 e. The van der Waals surface area contributed by atoms with E-state index < -0.39 is 5.56 Å². The van der Waals surface area contributed by atoms with Crippen LogP contribution >= 0.6 is 0 Å². The van der Waals surface area contributed by atoms with E-state index in [0.717, 1.165) is 34.1 Å². The Morgan fingerprint density at radius 2 is 1.78 bits per heavy atom. The van der Waals surface area contributed by atoms with Gasteiger partial charge in [0.2, 0.25) is 11.8 Å². The number of benzene rings is 2. The predicted octanol–water partition coefficient (Wildman–Crippen LogP) is 3.35. The highest BCUT2D eigenvalue weighted by atomic mass is 16.2. The lowest BCUT2D eigenvalue weighted by Gasteiger charge is -2.22. The van der Waals surface area contributed by atoms with Gasteiger partial charge in [-0.25, -0.2) is 14.5 Å². The lowest BCUT2D eigenvalue weighted by Crippen LogP contribution is -2.34. The highest BCUT2D eigenvalue weighted by Gasteiger charge is 2.21. The number of carbonyl (C=O) groups is 2. The predicted molar refractivity (Wildman–Crippen MR) is 147 cm³/mol. The van der Waals surface area contributed by atoms with E-state index in [-0.39, 0.29) is 18.4 Å². The van der Waals surface area contributed by atoms with Crippen molar-refractivity contribution in [3.63, 3.8) is 0 Å². The molecule has 0 atom stereocenters. The Kier molecular flexibility index (Phi) is 7.93. The molecule has 2 aromatic carbocycles. The summed E-state index contributed by atoms with van der Waals surface area (Å²) < 4.78 is 1.02. The topological polar surface area (TPSA) is 123 Å². The van der Waals surface area contributed by atoms with Crippen LogP contribution in [0.15, 0.2) is 58.1 Å². The number of carbonyl (C=O) groups excluding carboxylic acids is 2. The van der Waals surface area contributed by atoms with Crippen LogP contribution in [0, 0.1) is 0 Å². The molecular weight excluding hydrogens is 468 g/mol. The van der Waals surface area contributed by atoms with E-state index in [1.807, 2.05) is 41.3 Å². The van der Waals surface area contributed by atoms with Gasteiger partial charge in [0.15, 0.2) is 0 Å². The SMILES string of the molecule is CCCN(CCC)C(=O)C1=Cc2ccc(-c3ccc4c(=O)n(C(=O)CNC)cnc4c3)cc2N=C(N)C1. The standard InChI is InChI=1S/C28H32N6O3/c1-4-10-33(11-5-2)27(36)21-12-20-7-6-18(13-23(20)32-25(29)15-21)19-8-9-22-24(14-19)31-17-34(28(22)37)26(35)16-30-3/h6-9,12-14,17,30H,4-5,10-11,15-16H2,1-3H3,(H2,29,32). The number of nitrogens with zero attached hydrogens (tertiary/aromatic N) is 4. The van der Waals surface area contributed by atoms with Gasteiger partial charge in [0, 0.05) is 30.6 Å². The lowest BCUT2D eigenvalue weighted by molar-refractivity contribution is -0.127. The quantitative estimate of drug-likeness (QED) is 0.489. The van der Waals surface area contributed by atoms with E-state index in [9.17, 15) is 14.4 Å². The molecule has 2 heterocycles. The summed E-state index contributed by atoms with van der Waals surface area (Å²) in [6.45, 7) is 5.58. The van der Waals surface area contributed by atoms with E-state index in [2.05, 4.69) is 29.1 Å². The Morgan fingerprint density at radius 1 is 1.08 bits per heavy atom. The number of amides is 1. The first-order valence-electron chi connectivity index (χ1n) is 12.5. The molecule has 37 heavy (non-hydrogen) atoms. The molecule has 0 spiro atoms. The van der Waals surface area contributed by atoms with Crippen molar-refractivity contribution < 1.29 is 9.59 Å². The summed E-state index contributed by atoms with van der Waals surface area (Å²) in [7, 11) is 1.64. The zero-order valence-corrected chi connectivity index (χ0v) is 21.5. The number of nitrogens with one attached hydrogen (secondary N) is 1. The van der Waals surface area contributed by atoms with E-state index in [4.69, 9.17) is 5.73 Å². The summed E-state index contributed by atoms with van der Waals surface area (Å²) in [6.07, 6.45) is 5.23. The summed E-state index contributed by atoms with van der Waals surface area (Å²) in [4.78, 5) is 49.0. The number of fused-ring (bicyclic) bond motifs is 2. The molecule has 3 aromatic rings. The number of hydrogen-bond donors (Lipinski definition) is 2. The molecule has 0 unspecified atom stereocenters. The number of hydrogen-bond acceptors (Lipinski definition) is 7. The molecule has 9 heteroatoms. The van der Waals surface area contributed by atoms with Gasteiger partial charge in [-0.05, 0) is 55.3 Å². The van der Waals surface area contributed by atoms with Crippen molar-refractivity contribution in [3.05, 3.63) is 64.2 Å². The summed E-state index contributed by atoms with van der Waals surface area (Å²) in [5, 5.41) is 3.11. The molecule has 1 aliphatic rings. The van der Waals surface area contributed by atoms with Crippen molar-refractivity contribution in [1.82, 2.24) is 19.8 Å². The maximum atomic E-state index is 13.2. The number of amidine groups is 1. The van der Waals surface area contributed by atoms with Crippen LogP contribution in [0.1, 0.15) is 43.5 Å². The van der Waals surface area contributed by atoms with Gasteiger partial charge >= 0.3 is 0 Å². The molecule has 0 aliphatic carbocycles. The fraction of sp³-hybridized carbons (Fsp3) is 0.321. The average molecular weight is 501 g/mol. The smallest absolute Gasteiger partial charge is 0.268 e. The van der Waals surface area contributed by atoms with Crippen molar-refractivity contribution in [2.45, 2.75) is 33.1 Å². The molecule has 9 nitrogen and oxygen atoms in total. The fourth-order valence-corrected chi connectivity index (χ4v) is 4.48. The van der Waals surface area contributed by atoms with Gasteiger partial charge in [-0.3, -0.25) is 14.4 Å². The third kappa shape index (κ3) is 5.51. The van der Waals surface area contributed by atoms with Crippen molar-refractivity contribution >= 4 is 40.3 Å². The van der Waals surface area contributed by atoms with Crippen molar-refractivity contribution in [2.75, 3.05) is 26.7 Å². The summed E-state index contributed by atoms with van der Waals surface area (Å²) in [5.41, 5.74) is 10.2. The first-order chi connectivity index (χ1) is 17.9. The number of rotatable bonds is 8. The van der Waals surface area contributed by atoms with Gasteiger partial charge in [-0.1, -0.05) is 32.0 Å². The van der Waals surface area contributed by atoms with Crippen LogP contribution in [0.2, 0.25) is 0 Å². The van der Waals surface area contributed by atoms with Crippen molar-refractivity contribution in [1.29, 1.82) is 0 Å². The Morgan fingerprint density at radius 3 is 2.49 bits per heavy atom. The molecule has 192 valence electrons. The minimum absolute atomic E-state index is 0.00163. The summed E-state index contributed by atoms with van der Waals surface area (Å²) in [6, 6.07) is 11.1. The van der Waals surface area contributed by atoms with Gasteiger partial charge in [-0.2, -0.15) is 0 Å². The van der Waals surface area contributed by atoms with E-state index in [1.54, 1.807) is 13.1 Å². The minimum atomic E-state index is -0.404. The molecular formula is C28H32N6O3. The van der Waals surface area contributed by atoms with Crippen molar-refractivity contribution in [2.24, 2.45) is 10.7 Å². The Labute approximate surface area is 215 Å². The second-order valence-electron chi connectivity index (χ2n) is 9.09. The summed E-state index contributed by atoms with van der Waals surface area (Å²) >= 11 is 0. The number of nitrogens with two attached hydrogens (primary N) is 1. The molecule has 1 aliphatic heterocycles. The molecule has 4 rings (SSSR count).